The number of carbonyl (C=O) groups is 1. The molecule has 1 aliphatic rings. The van der Waals surface area contributed by atoms with Gasteiger partial charge in [-0.1, -0.05) is 43.2 Å². The van der Waals surface area contributed by atoms with Crippen LogP contribution in [0, 0.1) is 23.2 Å². The van der Waals surface area contributed by atoms with E-state index in [1.807, 2.05) is 30.3 Å². The van der Waals surface area contributed by atoms with Crippen LogP contribution in [0.15, 0.2) is 30.3 Å². The van der Waals surface area contributed by atoms with Gasteiger partial charge in [0, 0.05) is 18.6 Å². The molecular weight excluding hydrogens is 264 g/mol. The number of hydrogen-bond donors (Lipinski definition) is 2. The van der Waals surface area contributed by atoms with E-state index in [1.54, 1.807) is 0 Å². The van der Waals surface area contributed by atoms with Gasteiger partial charge < -0.3 is 10.4 Å². The zero-order valence-electron chi connectivity index (χ0n) is 12.2. The van der Waals surface area contributed by atoms with E-state index in [-0.39, 0.29) is 24.5 Å². The number of amides is 1. The second-order valence-electron chi connectivity index (χ2n) is 5.71. The summed E-state index contributed by atoms with van der Waals surface area (Å²) in [5, 5.41) is 21.6. The molecule has 3 atom stereocenters. The highest BCUT2D eigenvalue weighted by Crippen LogP contribution is 2.24. The Balaban J connectivity index is 1.95. The monoisotopic (exact) mass is 286 g/mol. The first-order valence-electron chi connectivity index (χ1n) is 7.59. The van der Waals surface area contributed by atoms with Crippen LogP contribution in [0.5, 0.6) is 0 Å². The number of rotatable bonds is 5. The average Bonchev–Trinajstić information content (AvgIpc) is 2.54. The molecule has 2 rings (SSSR count). The quantitative estimate of drug-likeness (QED) is 0.870. The van der Waals surface area contributed by atoms with E-state index in [2.05, 4.69) is 11.4 Å². The Kier molecular flexibility index (Phi) is 5.77. The Hall–Kier alpha value is -1.86. The zero-order chi connectivity index (χ0) is 15.1. The predicted octanol–water partition coefficient (Wildman–Crippen LogP) is 2.04. The SMILES string of the molecule is N#CC(Cc1ccccc1)C(=O)NC1CCCCC1CO. The first-order chi connectivity index (χ1) is 10.2. The summed E-state index contributed by atoms with van der Waals surface area (Å²) in [7, 11) is 0. The van der Waals surface area contributed by atoms with Crippen molar-refractivity contribution in [3.63, 3.8) is 0 Å². The second-order valence-corrected chi connectivity index (χ2v) is 5.71. The Labute approximate surface area is 125 Å². The molecule has 0 radical (unpaired) electrons. The number of hydrogen-bond acceptors (Lipinski definition) is 3. The van der Waals surface area contributed by atoms with Gasteiger partial charge >= 0.3 is 0 Å². The minimum Gasteiger partial charge on any atom is -0.396 e. The van der Waals surface area contributed by atoms with Gasteiger partial charge in [0.15, 0.2) is 0 Å². The highest BCUT2D eigenvalue weighted by molar-refractivity contribution is 5.81. The minimum absolute atomic E-state index is 0.00266. The van der Waals surface area contributed by atoms with Crippen LogP contribution >= 0.6 is 0 Å². The van der Waals surface area contributed by atoms with E-state index in [0.717, 1.165) is 31.2 Å². The molecule has 0 heterocycles. The third-order valence-corrected chi connectivity index (χ3v) is 4.23. The lowest BCUT2D eigenvalue weighted by atomic mass is 9.84. The van der Waals surface area contributed by atoms with Crippen molar-refractivity contribution in [1.29, 1.82) is 5.26 Å². The van der Waals surface area contributed by atoms with E-state index in [0.29, 0.717) is 6.42 Å². The van der Waals surface area contributed by atoms with Gasteiger partial charge in [0.05, 0.1) is 6.07 Å². The van der Waals surface area contributed by atoms with E-state index < -0.39 is 5.92 Å². The Morgan fingerprint density at radius 1 is 1.33 bits per heavy atom. The maximum Gasteiger partial charge on any atom is 0.237 e. The zero-order valence-corrected chi connectivity index (χ0v) is 12.2. The fourth-order valence-corrected chi connectivity index (χ4v) is 2.95. The highest BCUT2D eigenvalue weighted by Gasteiger charge is 2.28. The molecular formula is C17H22N2O2. The maximum atomic E-state index is 12.3. The molecule has 4 heteroatoms. The average molecular weight is 286 g/mol. The lowest BCUT2D eigenvalue weighted by Gasteiger charge is -2.31. The first kappa shape index (κ1) is 15.5. The summed E-state index contributed by atoms with van der Waals surface area (Å²) in [5.41, 5.74) is 0.988. The van der Waals surface area contributed by atoms with Crippen LogP contribution in [0.1, 0.15) is 31.2 Å². The van der Waals surface area contributed by atoms with Crippen molar-refractivity contribution in [2.24, 2.45) is 11.8 Å². The van der Waals surface area contributed by atoms with Crippen molar-refractivity contribution in [2.45, 2.75) is 38.1 Å². The van der Waals surface area contributed by atoms with Gasteiger partial charge in [-0.25, -0.2) is 0 Å². The van der Waals surface area contributed by atoms with Gasteiger partial charge in [-0.3, -0.25) is 4.79 Å². The molecule has 0 aromatic heterocycles. The van der Waals surface area contributed by atoms with E-state index >= 15 is 0 Å². The normalized spacial score (nSPS) is 23.0. The predicted molar refractivity (Wildman–Crippen MR) is 80.2 cm³/mol. The van der Waals surface area contributed by atoms with Gasteiger partial charge in [-0.2, -0.15) is 5.26 Å². The van der Waals surface area contributed by atoms with Crippen LogP contribution < -0.4 is 5.32 Å². The largest absolute Gasteiger partial charge is 0.396 e. The number of nitriles is 1. The van der Waals surface area contributed by atoms with Gasteiger partial charge in [-0.05, 0) is 24.8 Å². The third kappa shape index (κ3) is 4.30. The summed E-state index contributed by atoms with van der Waals surface area (Å²) < 4.78 is 0. The number of aliphatic hydroxyl groups excluding tert-OH is 1. The third-order valence-electron chi connectivity index (χ3n) is 4.23. The van der Waals surface area contributed by atoms with Crippen LogP contribution in [0.2, 0.25) is 0 Å². The molecule has 1 aliphatic carbocycles. The maximum absolute atomic E-state index is 12.3. The van der Waals surface area contributed by atoms with Crippen molar-refractivity contribution in [3.05, 3.63) is 35.9 Å². The molecule has 3 unspecified atom stereocenters. The van der Waals surface area contributed by atoms with Crippen LogP contribution in [-0.2, 0) is 11.2 Å². The molecule has 0 aliphatic heterocycles. The second kappa shape index (κ2) is 7.80. The molecule has 1 fully saturated rings. The van der Waals surface area contributed by atoms with Crippen LogP contribution in [-0.4, -0.2) is 23.7 Å². The van der Waals surface area contributed by atoms with Crippen LogP contribution in [0.25, 0.3) is 0 Å². The van der Waals surface area contributed by atoms with Gasteiger partial charge in [0.1, 0.15) is 5.92 Å². The Morgan fingerprint density at radius 3 is 2.71 bits per heavy atom. The van der Waals surface area contributed by atoms with Gasteiger partial charge in [-0.15, -0.1) is 0 Å². The van der Waals surface area contributed by atoms with Crippen molar-refractivity contribution in [1.82, 2.24) is 5.32 Å². The Bertz CT molecular complexity index is 495. The number of benzene rings is 1. The summed E-state index contributed by atoms with van der Waals surface area (Å²) in [6.45, 7) is 0.0981. The summed E-state index contributed by atoms with van der Waals surface area (Å²) in [4.78, 5) is 12.3. The summed E-state index contributed by atoms with van der Waals surface area (Å²) in [6, 6.07) is 11.7. The Morgan fingerprint density at radius 2 is 2.05 bits per heavy atom. The molecule has 0 spiro atoms. The topological polar surface area (TPSA) is 73.1 Å². The molecule has 0 bridgehead atoms. The fourth-order valence-electron chi connectivity index (χ4n) is 2.95. The van der Waals surface area contributed by atoms with Crippen molar-refractivity contribution >= 4 is 5.91 Å². The molecule has 0 saturated heterocycles. The molecule has 21 heavy (non-hydrogen) atoms. The number of aliphatic hydroxyl groups is 1. The summed E-state index contributed by atoms with van der Waals surface area (Å²) in [6.07, 6.45) is 4.43. The molecule has 2 N–H and O–H groups in total. The van der Waals surface area contributed by atoms with E-state index in [4.69, 9.17) is 0 Å². The molecule has 112 valence electrons. The molecule has 1 amide bonds. The molecule has 1 aromatic rings. The standard InChI is InChI=1S/C17H22N2O2/c18-11-15(10-13-6-2-1-3-7-13)17(21)19-16-9-5-4-8-14(16)12-20/h1-3,6-7,14-16,20H,4-5,8-10,12H2,(H,19,21). The highest BCUT2D eigenvalue weighted by atomic mass is 16.3. The smallest absolute Gasteiger partial charge is 0.237 e. The molecule has 4 nitrogen and oxygen atoms in total. The lowest BCUT2D eigenvalue weighted by Crippen LogP contribution is -2.45. The fraction of sp³-hybridized carbons (Fsp3) is 0.529. The van der Waals surface area contributed by atoms with Crippen LogP contribution in [0.4, 0.5) is 0 Å². The van der Waals surface area contributed by atoms with Gasteiger partial charge in [0.25, 0.3) is 0 Å². The number of carbonyl (C=O) groups excluding carboxylic acids is 1. The van der Waals surface area contributed by atoms with Crippen molar-refractivity contribution in [2.75, 3.05) is 6.61 Å². The number of nitrogens with zero attached hydrogens (tertiary/aromatic N) is 1. The summed E-state index contributed by atoms with van der Waals surface area (Å²) >= 11 is 0. The summed E-state index contributed by atoms with van der Waals surface area (Å²) in [5.74, 6) is -0.765. The first-order valence-corrected chi connectivity index (χ1v) is 7.59. The molecule has 1 saturated carbocycles. The number of nitrogens with one attached hydrogen (secondary N) is 1. The van der Waals surface area contributed by atoms with Crippen LogP contribution in [0.3, 0.4) is 0 Å². The van der Waals surface area contributed by atoms with Gasteiger partial charge in [0.2, 0.25) is 5.91 Å². The lowest BCUT2D eigenvalue weighted by molar-refractivity contribution is -0.124. The van der Waals surface area contributed by atoms with E-state index in [9.17, 15) is 15.2 Å². The minimum atomic E-state index is -0.673. The van der Waals surface area contributed by atoms with Crippen molar-refractivity contribution in [3.8, 4) is 6.07 Å². The molecule has 1 aromatic carbocycles. The van der Waals surface area contributed by atoms with E-state index in [1.165, 1.54) is 0 Å². The van der Waals surface area contributed by atoms with Crippen molar-refractivity contribution < 1.29 is 9.90 Å².